The molecule has 0 spiro atoms. The Morgan fingerprint density at radius 3 is 2.78 bits per heavy atom. The molecule has 0 aliphatic carbocycles. The fraction of sp³-hybridized carbons (Fsp3) is 0.0769. The van der Waals surface area contributed by atoms with E-state index in [2.05, 4.69) is 15.9 Å². The Morgan fingerprint density at radius 2 is 2.06 bits per heavy atom. The number of fused-ring (bicyclic) bond motifs is 1. The van der Waals surface area contributed by atoms with Gasteiger partial charge in [-0.2, -0.15) is 11.3 Å². The van der Waals surface area contributed by atoms with Crippen molar-refractivity contribution in [2.24, 2.45) is 0 Å². The number of halogens is 1. The molecule has 0 atom stereocenters. The molecule has 0 radical (unpaired) electrons. The number of Topliss-reactive ketones (excluding diaryl/α,β-unsaturated/α-hetero) is 1. The topological polar surface area (TPSA) is 37.4 Å². The van der Waals surface area contributed by atoms with Crippen LogP contribution in [0.15, 0.2) is 39.5 Å². The lowest BCUT2D eigenvalue weighted by molar-refractivity contribution is -0.114. The highest BCUT2D eigenvalue weighted by Gasteiger charge is 2.35. The fourth-order valence-corrected chi connectivity index (χ4v) is 3.02. The lowest BCUT2D eigenvalue weighted by Crippen LogP contribution is -2.28. The van der Waals surface area contributed by atoms with Crippen molar-refractivity contribution in [3.05, 3.63) is 50.6 Å². The van der Waals surface area contributed by atoms with Crippen LogP contribution in [0.5, 0.6) is 0 Å². The summed E-state index contributed by atoms with van der Waals surface area (Å²) in [6.07, 6.45) is 0. The summed E-state index contributed by atoms with van der Waals surface area (Å²) in [6.45, 7) is 0.447. The molecule has 1 aromatic heterocycles. The number of carbonyl (C=O) groups excluding carboxylic acids is 2. The van der Waals surface area contributed by atoms with Gasteiger partial charge < -0.3 is 4.90 Å². The Bertz CT molecular complexity index is 636. The van der Waals surface area contributed by atoms with Crippen molar-refractivity contribution in [3.8, 4) is 0 Å². The number of thiophene rings is 1. The quantitative estimate of drug-likeness (QED) is 0.796. The molecule has 1 aromatic carbocycles. The Labute approximate surface area is 116 Å². The van der Waals surface area contributed by atoms with E-state index in [4.69, 9.17) is 0 Å². The van der Waals surface area contributed by atoms with Crippen LogP contribution in [-0.2, 0) is 11.3 Å². The minimum Gasteiger partial charge on any atom is -0.300 e. The fourth-order valence-electron chi connectivity index (χ4n) is 1.99. The first-order valence-electron chi connectivity index (χ1n) is 5.33. The molecule has 2 heterocycles. The lowest BCUT2D eigenvalue weighted by atomic mass is 10.1. The van der Waals surface area contributed by atoms with Crippen molar-refractivity contribution in [2.75, 3.05) is 4.90 Å². The average Bonchev–Trinajstić information content (AvgIpc) is 2.94. The number of nitrogens with zero attached hydrogens (tertiary/aromatic N) is 1. The predicted molar refractivity (Wildman–Crippen MR) is 74.0 cm³/mol. The summed E-state index contributed by atoms with van der Waals surface area (Å²) < 4.78 is 0.805. The summed E-state index contributed by atoms with van der Waals surface area (Å²) in [5.41, 5.74) is 2.21. The van der Waals surface area contributed by atoms with E-state index in [1.54, 1.807) is 23.5 Å². The molecule has 1 aliphatic heterocycles. The molecule has 2 aromatic rings. The molecule has 3 rings (SSSR count). The Balaban J connectivity index is 2.02. The van der Waals surface area contributed by atoms with E-state index in [0.29, 0.717) is 17.8 Å². The van der Waals surface area contributed by atoms with Gasteiger partial charge in [0.1, 0.15) is 0 Å². The molecule has 0 saturated carbocycles. The molecule has 0 saturated heterocycles. The zero-order valence-corrected chi connectivity index (χ0v) is 11.6. The molecule has 5 heteroatoms. The third-order valence-electron chi connectivity index (χ3n) is 2.85. The van der Waals surface area contributed by atoms with Crippen molar-refractivity contribution in [1.29, 1.82) is 0 Å². The van der Waals surface area contributed by atoms with Crippen molar-refractivity contribution in [3.63, 3.8) is 0 Å². The molecular weight excluding hydrogens is 314 g/mol. The number of carbonyl (C=O) groups is 2. The molecule has 1 aliphatic rings. The van der Waals surface area contributed by atoms with Crippen molar-refractivity contribution >= 4 is 44.6 Å². The minimum atomic E-state index is -0.450. The Hall–Kier alpha value is -1.46. The second-order valence-electron chi connectivity index (χ2n) is 4.01. The van der Waals surface area contributed by atoms with Gasteiger partial charge in [0.15, 0.2) is 0 Å². The standard InChI is InChI=1S/C13H8BrNO2S/c14-9-1-2-11-10(5-9)12(16)13(17)15(11)6-8-3-4-18-7-8/h1-5,7H,6H2. The van der Waals surface area contributed by atoms with Crippen LogP contribution in [0.1, 0.15) is 15.9 Å². The van der Waals surface area contributed by atoms with Gasteiger partial charge in [0.05, 0.1) is 17.8 Å². The maximum Gasteiger partial charge on any atom is 0.299 e. The van der Waals surface area contributed by atoms with Gasteiger partial charge in [-0.25, -0.2) is 0 Å². The van der Waals surface area contributed by atoms with Crippen LogP contribution in [0.3, 0.4) is 0 Å². The van der Waals surface area contributed by atoms with Gasteiger partial charge in [0.25, 0.3) is 11.7 Å². The number of hydrogen-bond donors (Lipinski definition) is 0. The monoisotopic (exact) mass is 321 g/mol. The van der Waals surface area contributed by atoms with Gasteiger partial charge in [-0.3, -0.25) is 9.59 Å². The molecule has 0 unspecified atom stereocenters. The molecule has 3 nitrogen and oxygen atoms in total. The first-order valence-corrected chi connectivity index (χ1v) is 7.07. The van der Waals surface area contributed by atoms with Crippen molar-refractivity contribution in [1.82, 2.24) is 0 Å². The molecule has 0 N–H and O–H groups in total. The number of rotatable bonds is 2. The number of amides is 1. The normalized spacial score (nSPS) is 14.2. The first kappa shape index (κ1) is 11.6. The highest BCUT2D eigenvalue weighted by atomic mass is 79.9. The lowest BCUT2D eigenvalue weighted by Gasteiger charge is -2.15. The molecule has 1 amide bonds. The number of anilines is 1. The highest BCUT2D eigenvalue weighted by Crippen LogP contribution is 2.32. The molecule has 90 valence electrons. The van der Waals surface area contributed by atoms with E-state index in [9.17, 15) is 9.59 Å². The van der Waals surface area contributed by atoms with E-state index in [1.807, 2.05) is 22.9 Å². The van der Waals surface area contributed by atoms with Crippen molar-refractivity contribution in [2.45, 2.75) is 6.54 Å². The summed E-state index contributed by atoms with van der Waals surface area (Å²) in [7, 11) is 0. The Morgan fingerprint density at radius 1 is 1.22 bits per heavy atom. The van der Waals surface area contributed by atoms with Crippen LogP contribution in [0.4, 0.5) is 5.69 Å². The van der Waals surface area contributed by atoms with Crippen LogP contribution in [0, 0.1) is 0 Å². The van der Waals surface area contributed by atoms with Crippen LogP contribution < -0.4 is 4.90 Å². The Kier molecular flexibility index (Phi) is 2.80. The van der Waals surface area contributed by atoms with E-state index >= 15 is 0 Å². The number of benzene rings is 1. The summed E-state index contributed by atoms with van der Waals surface area (Å²) in [5.74, 6) is -0.879. The zero-order valence-electron chi connectivity index (χ0n) is 9.22. The van der Waals surface area contributed by atoms with Crippen LogP contribution in [0.25, 0.3) is 0 Å². The second-order valence-corrected chi connectivity index (χ2v) is 5.71. The van der Waals surface area contributed by atoms with Crippen LogP contribution in [-0.4, -0.2) is 11.7 Å². The number of hydrogen-bond acceptors (Lipinski definition) is 3. The molecule has 18 heavy (non-hydrogen) atoms. The SMILES string of the molecule is O=C1C(=O)N(Cc2ccsc2)c2ccc(Br)cc21. The summed E-state index contributed by atoms with van der Waals surface area (Å²) >= 11 is 4.89. The van der Waals surface area contributed by atoms with E-state index in [-0.39, 0.29) is 0 Å². The van der Waals surface area contributed by atoms with Crippen molar-refractivity contribution < 1.29 is 9.59 Å². The van der Waals surface area contributed by atoms with Gasteiger partial charge in [-0.1, -0.05) is 15.9 Å². The number of ketones is 1. The summed E-state index contributed by atoms with van der Waals surface area (Å²) in [6, 6.07) is 7.29. The maximum absolute atomic E-state index is 12.0. The second kappa shape index (κ2) is 4.33. The van der Waals surface area contributed by atoms with E-state index in [0.717, 1.165) is 10.0 Å². The van der Waals surface area contributed by atoms with Crippen LogP contribution in [0.2, 0.25) is 0 Å². The van der Waals surface area contributed by atoms with Gasteiger partial charge in [0, 0.05) is 4.47 Å². The summed E-state index contributed by atoms with van der Waals surface area (Å²) in [5, 5.41) is 3.94. The van der Waals surface area contributed by atoms with Gasteiger partial charge in [-0.15, -0.1) is 0 Å². The van der Waals surface area contributed by atoms with Gasteiger partial charge >= 0.3 is 0 Å². The van der Waals surface area contributed by atoms with Gasteiger partial charge in [0.2, 0.25) is 0 Å². The average molecular weight is 322 g/mol. The molecule has 0 bridgehead atoms. The largest absolute Gasteiger partial charge is 0.300 e. The minimum absolute atomic E-state index is 0.429. The van der Waals surface area contributed by atoms with Crippen LogP contribution >= 0.6 is 27.3 Å². The third-order valence-corrected chi connectivity index (χ3v) is 4.08. The first-order chi connectivity index (χ1) is 8.66. The third kappa shape index (κ3) is 1.79. The predicted octanol–water partition coefficient (Wildman–Crippen LogP) is 3.24. The summed E-state index contributed by atoms with van der Waals surface area (Å²) in [4.78, 5) is 25.4. The van der Waals surface area contributed by atoms with Gasteiger partial charge in [-0.05, 0) is 40.6 Å². The molecular formula is C13H8BrNO2S. The maximum atomic E-state index is 12.0. The molecule has 0 fully saturated rings. The van der Waals surface area contributed by atoms with E-state index in [1.165, 1.54) is 4.90 Å². The highest BCUT2D eigenvalue weighted by molar-refractivity contribution is 9.10. The zero-order chi connectivity index (χ0) is 12.7. The van der Waals surface area contributed by atoms with E-state index < -0.39 is 11.7 Å². The smallest absolute Gasteiger partial charge is 0.299 e.